The number of nitrogens with one attached hydrogen (secondary N) is 2. The van der Waals surface area contributed by atoms with Crippen molar-refractivity contribution >= 4 is 23.0 Å². The molecule has 4 nitrogen and oxygen atoms in total. The van der Waals surface area contributed by atoms with Crippen molar-refractivity contribution in [3.63, 3.8) is 0 Å². The zero-order valence-corrected chi connectivity index (χ0v) is 13.9. The Morgan fingerprint density at radius 2 is 1.62 bits per heavy atom. The molecule has 0 aliphatic rings. The first-order chi connectivity index (χ1) is 12.6. The molecule has 3 rings (SSSR count). The Balaban J connectivity index is 1.59. The summed E-state index contributed by atoms with van der Waals surface area (Å²) in [5.41, 5.74) is 3.67. The molecule has 0 saturated carbocycles. The van der Waals surface area contributed by atoms with Crippen LogP contribution in [-0.2, 0) is 11.2 Å². The minimum atomic E-state index is -0.322. The van der Waals surface area contributed by atoms with Crippen molar-refractivity contribution in [2.45, 2.75) is 6.42 Å². The fraction of sp³-hybridized carbons (Fsp3) is 0.0476. The summed E-state index contributed by atoms with van der Waals surface area (Å²) in [4.78, 5) is 12.1. The van der Waals surface area contributed by atoms with E-state index in [9.17, 15) is 9.18 Å². The molecule has 0 aliphatic heterocycles. The van der Waals surface area contributed by atoms with Gasteiger partial charge in [-0.05, 0) is 60.2 Å². The van der Waals surface area contributed by atoms with Crippen LogP contribution in [0.15, 0.2) is 72.8 Å². The number of amides is 1. The fourth-order valence-electron chi connectivity index (χ4n) is 2.46. The molecule has 1 amide bonds. The SMILES string of the molecule is N#Cc1cccc(Nc2ccc(NC(=O)Cc3ccc(F)cc3)cc2)c1. The Hall–Kier alpha value is -3.65. The van der Waals surface area contributed by atoms with Gasteiger partial charge in [-0.2, -0.15) is 5.26 Å². The predicted molar refractivity (Wildman–Crippen MR) is 99.6 cm³/mol. The monoisotopic (exact) mass is 345 g/mol. The molecule has 3 aromatic carbocycles. The van der Waals surface area contributed by atoms with Crippen LogP contribution in [0.3, 0.4) is 0 Å². The Kier molecular flexibility index (Phi) is 5.25. The molecule has 0 heterocycles. The molecule has 0 radical (unpaired) electrons. The van der Waals surface area contributed by atoms with Gasteiger partial charge in [0.15, 0.2) is 0 Å². The number of carbonyl (C=O) groups is 1. The molecule has 0 aromatic heterocycles. The fourth-order valence-corrected chi connectivity index (χ4v) is 2.46. The van der Waals surface area contributed by atoms with Crippen LogP contribution in [0.4, 0.5) is 21.5 Å². The van der Waals surface area contributed by atoms with Gasteiger partial charge < -0.3 is 10.6 Å². The van der Waals surface area contributed by atoms with Crippen LogP contribution >= 0.6 is 0 Å². The second-order valence-corrected chi connectivity index (χ2v) is 5.75. The zero-order chi connectivity index (χ0) is 18.4. The first-order valence-electron chi connectivity index (χ1n) is 8.04. The summed E-state index contributed by atoms with van der Waals surface area (Å²) < 4.78 is 12.9. The van der Waals surface area contributed by atoms with Gasteiger partial charge in [0.05, 0.1) is 18.1 Å². The normalized spacial score (nSPS) is 10.0. The molecule has 26 heavy (non-hydrogen) atoms. The zero-order valence-electron chi connectivity index (χ0n) is 13.9. The van der Waals surface area contributed by atoms with E-state index in [0.717, 1.165) is 16.9 Å². The molecule has 128 valence electrons. The molecule has 0 unspecified atom stereocenters. The van der Waals surface area contributed by atoms with Gasteiger partial charge in [-0.25, -0.2) is 4.39 Å². The van der Waals surface area contributed by atoms with E-state index in [0.29, 0.717) is 11.3 Å². The number of nitrogens with zero attached hydrogens (tertiary/aromatic N) is 1. The van der Waals surface area contributed by atoms with Gasteiger partial charge in [0.2, 0.25) is 5.91 Å². The van der Waals surface area contributed by atoms with E-state index >= 15 is 0 Å². The Labute approximate surface area is 150 Å². The van der Waals surface area contributed by atoms with Crippen LogP contribution in [0.25, 0.3) is 0 Å². The molecule has 0 fully saturated rings. The van der Waals surface area contributed by atoms with Crippen molar-refractivity contribution in [1.29, 1.82) is 5.26 Å². The summed E-state index contributed by atoms with van der Waals surface area (Å²) in [6.07, 6.45) is 0.182. The van der Waals surface area contributed by atoms with Crippen molar-refractivity contribution in [1.82, 2.24) is 0 Å². The third-order valence-corrected chi connectivity index (χ3v) is 3.73. The summed E-state index contributed by atoms with van der Waals surface area (Å²) in [7, 11) is 0. The third-order valence-electron chi connectivity index (χ3n) is 3.73. The maximum absolute atomic E-state index is 12.9. The molecular weight excluding hydrogens is 329 g/mol. The third kappa shape index (κ3) is 4.68. The minimum Gasteiger partial charge on any atom is -0.355 e. The Morgan fingerprint density at radius 1 is 0.923 bits per heavy atom. The van der Waals surface area contributed by atoms with Crippen LogP contribution in [0.2, 0.25) is 0 Å². The second kappa shape index (κ2) is 7.95. The lowest BCUT2D eigenvalue weighted by atomic mass is 10.1. The van der Waals surface area contributed by atoms with E-state index in [4.69, 9.17) is 5.26 Å². The molecule has 0 spiro atoms. The lowest BCUT2D eigenvalue weighted by molar-refractivity contribution is -0.115. The number of benzene rings is 3. The number of hydrogen-bond acceptors (Lipinski definition) is 3. The van der Waals surface area contributed by atoms with Crippen molar-refractivity contribution in [3.8, 4) is 6.07 Å². The quantitative estimate of drug-likeness (QED) is 0.709. The number of nitriles is 1. The number of hydrogen-bond donors (Lipinski definition) is 2. The van der Waals surface area contributed by atoms with E-state index in [1.807, 2.05) is 24.3 Å². The summed E-state index contributed by atoms with van der Waals surface area (Å²) in [5.74, 6) is -0.489. The smallest absolute Gasteiger partial charge is 0.228 e. The van der Waals surface area contributed by atoms with E-state index in [1.165, 1.54) is 12.1 Å². The van der Waals surface area contributed by atoms with Crippen molar-refractivity contribution in [2.75, 3.05) is 10.6 Å². The van der Waals surface area contributed by atoms with E-state index in [-0.39, 0.29) is 18.1 Å². The van der Waals surface area contributed by atoms with Crippen LogP contribution in [0.1, 0.15) is 11.1 Å². The van der Waals surface area contributed by atoms with Crippen LogP contribution < -0.4 is 10.6 Å². The van der Waals surface area contributed by atoms with Crippen LogP contribution in [0.5, 0.6) is 0 Å². The molecule has 0 atom stereocenters. The maximum atomic E-state index is 12.9. The van der Waals surface area contributed by atoms with Crippen molar-refractivity contribution in [3.05, 3.63) is 89.7 Å². The molecule has 3 aromatic rings. The second-order valence-electron chi connectivity index (χ2n) is 5.75. The topological polar surface area (TPSA) is 64.9 Å². The lowest BCUT2D eigenvalue weighted by Crippen LogP contribution is -2.14. The highest BCUT2D eigenvalue weighted by Gasteiger charge is 2.05. The first-order valence-corrected chi connectivity index (χ1v) is 8.04. The molecule has 0 bridgehead atoms. The molecular formula is C21H16FN3O. The number of carbonyl (C=O) groups excluding carboxylic acids is 1. The highest BCUT2D eigenvalue weighted by Crippen LogP contribution is 2.20. The standard InChI is InChI=1S/C21H16FN3O/c22-17-6-4-15(5-7-17)13-21(26)25-19-10-8-18(9-11-19)24-20-3-1-2-16(12-20)14-23/h1-12,24H,13H2,(H,25,26). The van der Waals surface area contributed by atoms with Crippen LogP contribution in [0, 0.1) is 17.1 Å². The van der Waals surface area contributed by atoms with E-state index in [1.54, 1.807) is 36.4 Å². The van der Waals surface area contributed by atoms with E-state index < -0.39 is 0 Å². The molecule has 0 aliphatic carbocycles. The Bertz CT molecular complexity index is 944. The van der Waals surface area contributed by atoms with Gasteiger partial charge in [-0.1, -0.05) is 18.2 Å². The minimum absolute atomic E-state index is 0.168. The predicted octanol–water partition coefficient (Wildman–Crippen LogP) is 4.62. The van der Waals surface area contributed by atoms with Crippen LogP contribution in [-0.4, -0.2) is 5.91 Å². The summed E-state index contributed by atoms with van der Waals surface area (Å²) >= 11 is 0. The Morgan fingerprint density at radius 3 is 2.31 bits per heavy atom. The molecule has 2 N–H and O–H groups in total. The van der Waals surface area contributed by atoms with Gasteiger partial charge in [-0.3, -0.25) is 4.79 Å². The number of halogens is 1. The highest BCUT2D eigenvalue weighted by atomic mass is 19.1. The lowest BCUT2D eigenvalue weighted by Gasteiger charge is -2.09. The average Bonchev–Trinajstić information content (AvgIpc) is 2.65. The number of anilines is 3. The maximum Gasteiger partial charge on any atom is 0.228 e. The van der Waals surface area contributed by atoms with Gasteiger partial charge in [-0.15, -0.1) is 0 Å². The largest absolute Gasteiger partial charge is 0.355 e. The van der Waals surface area contributed by atoms with Crippen molar-refractivity contribution < 1.29 is 9.18 Å². The molecule has 0 saturated heterocycles. The first kappa shape index (κ1) is 17.2. The van der Waals surface area contributed by atoms with Gasteiger partial charge in [0, 0.05) is 17.1 Å². The van der Waals surface area contributed by atoms with Crippen molar-refractivity contribution in [2.24, 2.45) is 0 Å². The summed E-state index contributed by atoms with van der Waals surface area (Å²) in [6.45, 7) is 0. The van der Waals surface area contributed by atoms with E-state index in [2.05, 4.69) is 16.7 Å². The number of rotatable bonds is 5. The van der Waals surface area contributed by atoms with Gasteiger partial charge in [0.25, 0.3) is 0 Å². The average molecular weight is 345 g/mol. The summed E-state index contributed by atoms with van der Waals surface area (Å²) in [6, 6.07) is 22.4. The van der Waals surface area contributed by atoms with Gasteiger partial charge in [0.1, 0.15) is 5.82 Å². The summed E-state index contributed by atoms with van der Waals surface area (Å²) in [5, 5.41) is 14.9. The van der Waals surface area contributed by atoms with Gasteiger partial charge >= 0.3 is 0 Å². The highest BCUT2D eigenvalue weighted by molar-refractivity contribution is 5.92. The molecule has 5 heteroatoms.